The van der Waals surface area contributed by atoms with Gasteiger partial charge in [0.15, 0.2) is 0 Å². The highest BCUT2D eigenvalue weighted by Gasteiger charge is 2.24. The summed E-state index contributed by atoms with van der Waals surface area (Å²) in [5, 5.41) is 3.88. The molecule has 0 bridgehead atoms. The van der Waals surface area contributed by atoms with E-state index in [2.05, 4.69) is 42.9 Å². The van der Waals surface area contributed by atoms with Gasteiger partial charge in [0.1, 0.15) is 0 Å². The SMILES string of the molecule is CCCN(CCC)CNC(=O)C(Sc1ccccn1)C(C)C. The maximum Gasteiger partial charge on any atom is 0.234 e. The summed E-state index contributed by atoms with van der Waals surface area (Å²) >= 11 is 1.54. The van der Waals surface area contributed by atoms with Crippen LogP contribution >= 0.6 is 11.8 Å². The van der Waals surface area contributed by atoms with E-state index in [1.165, 1.54) is 0 Å². The van der Waals surface area contributed by atoms with Gasteiger partial charge in [-0.15, -0.1) is 0 Å². The van der Waals surface area contributed by atoms with E-state index in [0.29, 0.717) is 6.67 Å². The molecule has 1 N–H and O–H groups in total. The Hall–Kier alpha value is -1.07. The molecule has 1 aromatic heterocycles. The van der Waals surface area contributed by atoms with Gasteiger partial charge in [0, 0.05) is 6.20 Å². The van der Waals surface area contributed by atoms with Gasteiger partial charge in [0.05, 0.1) is 16.9 Å². The van der Waals surface area contributed by atoms with Crippen molar-refractivity contribution in [2.45, 2.75) is 50.8 Å². The summed E-state index contributed by atoms with van der Waals surface area (Å²) in [6.45, 7) is 11.2. The highest BCUT2D eigenvalue weighted by molar-refractivity contribution is 8.00. The third kappa shape index (κ3) is 6.79. The fourth-order valence-corrected chi connectivity index (χ4v) is 3.23. The minimum Gasteiger partial charge on any atom is -0.342 e. The molecule has 1 amide bonds. The lowest BCUT2D eigenvalue weighted by atomic mass is 10.1. The van der Waals surface area contributed by atoms with Crippen LogP contribution in [0.5, 0.6) is 0 Å². The number of nitrogens with zero attached hydrogens (tertiary/aromatic N) is 2. The van der Waals surface area contributed by atoms with Crippen LogP contribution in [0, 0.1) is 5.92 Å². The summed E-state index contributed by atoms with van der Waals surface area (Å²) in [6.07, 6.45) is 3.97. The topological polar surface area (TPSA) is 45.2 Å². The molecule has 0 radical (unpaired) electrons. The Morgan fingerprint density at radius 2 is 1.95 bits per heavy atom. The van der Waals surface area contributed by atoms with E-state index in [1.54, 1.807) is 18.0 Å². The summed E-state index contributed by atoms with van der Waals surface area (Å²) in [5.74, 6) is 0.362. The molecule has 1 heterocycles. The highest BCUT2D eigenvalue weighted by atomic mass is 32.2. The van der Waals surface area contributed by atoms with E-state index in [9.17, 15) is 4.79 Å². The molecule has 1 atom stereocenters. The summed E-state index contributed by atoms with van der Waals surface area (Å²) < 4.78 is 0. The number of amides is 1. The van der Waals surface area contributed by atoms with Crippen LogP contribution in [0.25, 0.3) is 0 Å². The number of aromatic nitrogens is 1. The monoisotopic (exact) mass is 323 g/mol. The van der Waals surface area contributed by atoms with Crippen molar-refractivity contribution in [1.82, 2.24) is 15.2 Å². The molecule has 0 aliphatic heterocycles. The molecular formula is C17H29N3OS. The predicted octanol–water partition coefficient (Wildman–Crippen LogP) is 3.39. The standard InChI is InChI=1S/C17H29N3OS/c1-5-11-20(12-6-2)13-19-17(21)16(14(3)4)22-15-9-7-8-10-18-15/h7-10,14,16H,5-6,11-13H2,1-4H3,(H,19,21). The van der Waals surface area contributed by atoms with Crippen LogP contribution in [-0.4, -0.2) is 40.8 Å². The Morgan fingerprint density at radius 1 is 1.27 bits per heavy atom. The van der Waals surface area contributed by atoms with Gasteiger partial charge in [-0.05, 0) is 44.0 Å². The van der Waals surface area contributed by atoms with Gasteiger partial charge >= 0.3 is 0 Å². The van der Waals surface area contributed by atoms with Gasteiger partial charge in [-0.25, -0.2) is 4.98 Å². The Bertz CT molecular complexity index is 419. The second-order valence-corrected chi connectivity index (χ2v) is 6.93. The van der Waals surface area contributed by atoms with E-state index in [1.807, 2.05) is 18.2 Å². The Labute approximate surface area is 139 Å². The molecule has 1 rings (SSSR count). The van der Waals surface area contributed by atoms with E-state index in [-0.39, 0.29) is 17.1 Å². The number of hydrogen-bond acceptors (Lipinski definition) is 4. The second-order valence-electron chi connectivity index (χ2n) is 5.77. The molecule has 0 aromatic carbocycles. The third-order valence-corrected chi connectivity index (χ3v) is 4.80. The van der Waals surface area contributed by atoms with Crippen molar-refractivity contribution in [2.24, 2.45) is 5.92 Å². The van der Waals surface area contributed by atoms with Gasteiger partial charge in [0.25, 0.3) is 0 Å². The first-order valence-corrected chi connectivity index (χ1v) is 9.04. The maximum atomic E-state index is 12.5. The van der Waals surface area contributed by atoms with Crippen LogP contribution in [0.3, 0.4) is 0 Å². The fraction of sp³-hybridized carbons (Fsp3) is 0.647. The third-order valence-electron chi connectivity index (χ3n) is 3.31. The van der Waals surface area contributed by atoms with Crippen molar-refractivity contribution in [3.63, 3.8) is 0 Å². The molecule has 0 saturated carbocycles. The first kappa shape index (κ1) is 19.0. The highest BCUT2D eigenvalue weighted by Crippen LogP contribution is 2.26. The second kappa shape index (κ2) is 10.6. The summed E-state index contributed by atoms with van der Waals surface area (Å²) in [4.78, 5) is 19.1. The Kier molecular flexibility index (Phi) is 9.16. The van der Waals surface area contributed by atoms with Gasteiger partial charge in [0.2, 0.25) is 5.91 Å². The number of hydrogen-bond donors (Lipinski definition) is 1. The van der Waals surface area contributed by atoms with Crippen molar-refractivity contribution in [2.75, 3.05) is 19.8 Å². The summed E-state index contributed by atoms with van der Waals surface area (Å²) in [7, 11) is 0. The average molecular weight is 324 g/mol. The number of pyridine rings is 1. The van der Waals surface area contributed by atoms with E-state index in [0.717, 1.165) is 31.0 Å². The molecule has 0 spiro atoms. The average Bonchev–Trinajstić information content (AvgIpc) is 2.51. The molecule has 5 heteroatoms. The quantitative estimate of drug-likeness (QED) is 0.529. The predicted molar refractivity (Wildman–Crippen MR) is 93.9 cm³/mol. The van der Waals surface area contributed by atoms with Crippen molar-refractivity contribution < 1.29 is 4.79 Å². The number of carbonyl (C=O) groups excluding carboxylic acids is 1. The van der Waals surface area contributed by atoms with Crippen LogP contribution in [0.1, 0.15) is 40.5 Å². The lowest BCUT2D eigenvalue weighted by molar-refractivity contribution is -0.121. The molecule has 4 nitrogen and oxygen atoms in total. The van der Waals surface area contributed by atoms with Crippen LogP contribution < -0.4 is 5.32 Å². The molecular weight excluding hydrogens is 294 g/mol. The number of carbonyl (C=O) groups is 1. The largest absolute Gasteiger partial charge is 0.342 e. The molecule has 1 aromatic rings. The van der Waals surface area contributed by atoms with Crippen LogP contribution in [0.4, 0.5) is 0 Å². The normalized spacial score (nSPS) is 12.6. The molecule has 0 aliphatic carbocycles. The zero-order chi connectivity index (χ0) is 16.4. The fourth-order valence-electron chi connectivity index (χ4n) is 2.23. The first-order chi connectivity index (χ1) is 10.6. The van der Waals surface area contributed by atoms with Crippen LogP contribution in [-0.2, 0) is 4.79 Å². The minimum absolute atomic E-state index is 0.0999. The zero-order valence-corrected chi connectivity index (χ0v) is 15.0. The van der Waals surface area contributed by atoms with Crippen molar-refractivity contribution >= 4 is 17.7 Å². The molecule has 1 unspecified atom stereocenters. The Balaban J connectivity index is 2.57. The molecule has 0 fully saturated rings. The van der Waals surface area contributed by atoms with E-state index >= 15 is 0 Å². The molecule has 22 heavy (non-hydrogen) atoms. The Morgan fingerprint density at radius 3 is 2.45 bits per heavy atom. The van der Waals surface area contributed by atoms with Gasteiger partial charge in [-0.1, -0.05) is 45.5 Å². The van der Waals surface area contributed by atoms with Crippen molar-refractivity contribution in [3.8, 4) is 0 Å². The summed E-state index contributed by atoms with van der Waals surface area (Å²) in [5.41, 5.74) is 0. The maximum absolute atomic E-state index is 12.5. The lowest BCUT2D eigenvalue weighted by Gasteiger charge is -2.24. The number of thioether (sulfide) groups is 1. The van der Waals surface area contributed by atoms with Gasteiger partial charge in [-0.3, -0.25) is 9.69 Å². The van der Waals surface area contributed by atoms with Crippen molar-refractivity contribution in [3.05, 3.63) is 24.4 Å². The zero-order valence-electron chi connectivity index (χ0n) is 14.2. The molecule has 0 saturated heterocycles. The van der Waals surface area contributed by atoms with Gasteiger partial charge in [-0.2, -0.15) is 0 Å². The van der Waals surface area contributed by atoms with Crippen molar-refractivity contribution in [1.29, 1.82) is 0 Å². The molecule has 0 aliphatic rings. The van der Waals surface area contributed by atoms with Crippen LogP contribution in [0.2, 0.25) is 0 Å². The summed E-state index contributed by atoms with van der Waals surface area (Å²) in [6, 6.07) is 5.80. The van der Waals surface area contributed by atoms with Crippen LogP contribution in [0.15, 0.2) is 29.4 Å². The van der Waals surface area contributed by atoms with E-state index < -0.39 is 0 Å². The first-order valence-electron chi connectivity index (χ1n) is 8.16. The molecule has 124 valence electrons. The van der Waals surface area contributed by atoms with Gasteiger partial charge < -0.3 is 5.32 Å². The van der Waals surface area contributed by atoms with E-state index in [4.69, 9.17) is 0 Å². The number of rotatable bonds is 10. The number of nitrogens with one attached hydrogen (secondary N) is 1. The minimum atomic E-state index is -0.111. The smallest absolute Gasteiger partial charge is 0.234 e. The lowest BCUT2D eigenvalue weighted by Crippen LogP contribution is -2.43.